The van der Waals surface area contributed by atoms with Crippen molar-refractivity contribution in [1.82, 2.24) is 0 Å². The normalized spacial score (nSPS) is 54.1. The van der Waals surface area contributed by atoms with Gasteiger partial charge < -0.3 is 9.84 Å². The topological polar surface area (TPSA) is 63.6 Å². The molecule has 0 saturated heterocycles. The van der Waals surface area contributed by atoms with Crippen molar-refractivity contribution in [1.29, 1.82) is 0 Å². The van der Waals surface area contributed by atoms with Gasteiger partial charge >= 0.3 is 5.97 Å². The van der Waals surface area contributed by atoms with Gasteiger partial charge in [0.15, 0.2) is 0 Å². The van der Waals surface area contributed by atoms with E-state index in [1.807, 2.05) is 0 Å². The first-order chi connectivity index (χ1) is 13.4. The zero-order valence-electron chi connectivity index (χ0n) is 19.2. The minimum Gasteiger partial charge on any atom is -0.462 e. The molecule has 1 N–H and O–H groups in total. The first-order valence-electron chi connectivity index (χ1n) is 11.8. The van der Waals surface area contributed by atoms with Crippen molar-refractivity contribution >= 4 is 11.8 Å². The van der Waals surface area contributed by atoms with Crippen LogP contribution in [0.25, 0.3) is 0 Å². The third-order valence-corrected chi connectivity index (χ3v) is 10.3. The third kappa shape index (κ3) is 2.87. The van der Waals surface area contributed by atoms with Gasteiger partial charge in [-0.15, -0.1) is 0 Å². The second-order valence-electron chi connectivity index (χ2n) is 11.7. The highest BCUT2D eigenvalue weighted by atomic mass is 16.5. The maximum atomic E-state index is 12.5. The van der Waals surface area contributed by atoms with Crippen LogP contribution in [0, 0.1) is 46.3 Å². The number of carbonyl (C=O) groups excluding carboxylic acids is 2. The Morgan fingerprint density at radius 2 is 1.69 bits per heavy atom. The van der Waals surface area contributed by atoms with E-state index < -0.39 is 5.60 Å². The van der Waals surface area contributed by atoms with Crippen LogP contribution in [0.3, 0.4) is 0 Å². The van der Waals surface area contributed by atoms with Crippen LogP contribution < -0.4 is 0 Å². The molecule has 0 aromatic carbocycles. The fourth-order valence-corrected chi connectivity index (χ4v) is 9.21. The van der Waals surface area contributed by atoms with Gasteiger partial charge in [-0.25, -0.2) is 0 Å². The van der Waals surface area contributed by atoms with E-state index in [0.717, 1.165) is 38.5 Å². The number of ketones is 1. The van der Waals surface area contributed by atoms with E-state index in [0.29, 0.717) is 35.9 Å². The first kappa shape index (κ1) is 21.3. The highest BCUT2D eigenvalue weighted by Crippen LogP contribution is 2.70. The number of rotatable bonds is 2. The molecule has 29 heavy (non-hydrogen) atoms. The molecule has 0 aliphatic heterocycles. The number of hydrogen-bond acceptors (Lipinski definition) is 4. The Morgan fingerprint density at radius 1 is 1.00 bits per heavy atom. The molecular weight excluding hydrogens is 364 g/mol. The van der Waals surface area contributed by atoms with Crippen molar-refractivity contribution in [2.75, 3.05) is 0 Å². The number of aliphatic hydroxyl groups is 1. The van der Waals surface area contributed by atoms with Gasteiger partial charge in [-0.2, -0.15) is 0 Å². The molecule has 0 aromatic heterocycles. The van der Waals surface area contributed by atoms with Gasteiger partial charge in [-0.3, -0.25) is 9.59 Å². The molecule has 4 rings (SSSR count). The van der Waals surface area contributed by atoms with Gasteiger partial charge in [0.1, 0.15) is 11.9 Å². The van der Waals surface area contributed by atoms with Crippen molar-refractivity contribution < 1.29 is 19.4 Å². The number of ether oxygens (including phenoxy) is 1. The predicted molar refractivity (Wildman–Crippen MR) is 112 cm³/mol. The predicted octanol–water partition coefficient (Wildman–Crippen LogP) is 4.77. The van der Waals surface area contributed by atoms with E-state index in [1.165, 1.54) is 6.92 Å². The minimum absolute atomic E-state index is 0.118. The molecule has 0 radical (unpaired) electrons. The number of esters is 1. The first-order valence-corrected chi connectivity index (χ1v) is 11.8. The van der Waals surface area contributed by atoms with Crippen LogP contribution in [0.15, 0.2) is 0 Å². The summed E-state index contributed by atoms with van der Waals surface area (Å²) in [6.45, 7) is 12.4. The summed E-state index contributed by atoms with van der Waals surface area (Å²) in [5.74, 6) is 2.63. The zero-order valence-corrected chi connectivity index (χ0v) is 19.2. The van der Waals surface area contributed by atoms with Crippen LogP contribution in [0.5, 0.6) is 0 Å². The summed E-state index contributed by atoms with van der Waals surface area (Å²) >= 11 is 0. The summed E-state index contributed by atoms with van der Waals surface area (Å²) in [4.78, 5) is 24.0. The zero-order chi connectivity index (χ0) is 21.4. The Balaban J connectivity index is 1.65. The van der Waals surface area contributed by atoms with Crippen molar-refractivity contribution in [2.45, 2.75) is 98.2 Å². The molecule has 0 aromatic rings. The molecule has 0 bridgehead atoms. The van der Waals surface area contributed by atoms with Crippen LogP contribution in [0.1, 0.15) is 86.5 Å². The summed E-state index contributed by atoms with van der Waals surface area (Å²) in [6, 6.07) is 0. The lowest BCUT2D eigenvalue weighted by molar-refractivity contribution is -0.246. The molecule has 4 heteroatoms. The standard InChI is InChI=1S/C25H40O4/c1-14-11-21-19-12-15(2)25(28)13-18(29-17(4)27)7-10-24(25,6)20(19)8-9-23(21,5)22(14)16(3)26/h14-15,18-22,28H,7-13H2,1-6H3/t14-,15-,18+,19-,20+,21+,22-,23+,24-,25+/m1/s1. The summed E-state index contributed by atoms with van der Waals surface area (Å²) in [6.07, 6.45) is 6.57. The maximum Gasteiger partial charge on any atom is 0.302 e. The lowest BCUT2D eigenvalue weighted by Crippen LogP contribution is -2.66. The molecule has 4 nitrogen and oxygen atoms in total. The van der Waals surface area contributed by atoms with Crippen LogP contribution in [-0.4, -0.2) is 28.6 Å². The average molecular weight is 405 g/mol. The Kier molecular flexibility index (Phi) is 5.00. The third-order valence-electron chi connectivity index (χ3n) is 10.3. The highest BCUT2D eigenvalue weighted by Gasteiger charge is 2.67. The monoisotopic (exact) mass is 404 g/mol. The molecule has 0 heterocycles. The van der Waals surface area contributed by atoms with Crippen molar-refractivity contribution in [2.24, 2.45) is 46.3 Å². The molecule has 0 unspecified atom stereocenters. The second-order valence-corrected chi connectivity index (χ2v) is 11.7. The van der Waals surface area contributed by atoms with E-state index in [-0.39, 0.29) is 34.7 Å². The molecule has 4 aliphatic rings. The van der Waals surface area contributed by atoms with E-state index in [2.05, 4.69) is 27.7 Å². The summed E-state index contributed by atoms with van der Waals surface area (Å²) in [7, 11) is 0. The van der Waals surface area contributed by atoms with Crippen LogP contribution in [0.4, 0.5) is 0 Å². The van der Waals surface area contributed by atoms with Gasteiger partial charge in [0.25, 0.3) is 0 Å². The van der Waals surface area contributed by atoms with E-state index in [1.54, 1.807) is 6.92 Å². The second kappa shape index (κ2) is 6.80. The number of carbonyl (C=O) groups is 2. The van der Waals surface area contributed by atoms with Crippen LogP contribution in [0.2, 0.25) is 0 Å². The maximum absolute atomic E-state index is 12.5. The van der Waals surface area contributed by atoms with Gasteiger partial charge in [0.2, 0.25) is 0 Å². The molecule has 164 valence electrons. The lowest BCUT2D eigenvalue weighted by Gasteiger charge is -2.66. The largest absolute Gasteiger partial charge is 0.462 e. The fraction of sp³-hybridized carbons (Fsp3) is 0.920. The van der Waals surface area contributed by atoms with Crippen LogP contribution in [-0.2, 0) is 14.3 Å². The van der Waals surface area contributed by atoms with Crippen molar-refractivity contribution in [3.05, 3.63) is 0 Å². The Bertz CT molecular complexity index is 703. The van der Waals surface area contributed by atoms with Gasteiger partial charge in [0.05, 0.1) is 5.60 Å². The van der Waals surface area contributed by atoms with E-state index >= 15 is 0 Å². The summed E-state index contributed by atoms with van der Waals surface area (Å²) < 4.78 is 5.54. The lowest BCUT2D eigenvalue weighted by atomic mass is 9.41. The van der Waals surface area contributed by atoms with Gasteiger partial charge in [-0.05, 0) is 85.9 Å². The van der Waals surface area contributed by atoms with E-state index in [4.69, 9.17) is 4.74 Å². The van der Waals surface area contributed by atoms with Gasteiger partial charge in [0, 0.05) is 19.3 Å². The molecule has 4 fully saturated rings. The summed E-state index contributed by atoms with van der Waals surface area (Å²) in [5.41, 5.74) is -0.789. The molecular formula is C25H40O4. The quantitative estimate of drug-likeness (QED) is 0.673. The summed E-state index contributed by atoms with van der Waals surface area (Å²) in [5, 5.41) is 12.0. The van der Waals surface area contributed by atoms with Crippen LogP contribution >= 0.6 is 0 Å². The number of hydrogen-bond donors (Lipinski definition) is 1. The Morgan fingerprint density at radius 3 is 2.31 bits per heavy atom. The number of Topliss-reactive ketones (excluding diaryl/α,β-unsaturated/α-hetero) is 1. The van der Waals surface area contributed by atoms with Crippen molar-refractivity contribution in [3.8, 4) is 0 Å². The van der Waals surface area contributed by atoms with Crippen molar-refractivity contribution in [3.63, 3.8) is 0 Å². The minimum atomic E-state index is -0.773. The Hall–Kier alpha value is -0.900. The highest BCUT2D eigenvalue weighted by molar-refractivity contribution is 5.80. The average Bonchev–Trinajstić information content (AvgIpc) is 2.87. The van der Waals surface area contributed by atoms with E-state index in [9.17, 15) is 14.7 Å². The SMILES string of the molecule is CC(=O)O[C@H]1CC[C@]2(C)[C@H]3CC[C@@]4(C)[C@@H](C[C@@H](C)[C@@H]4C(C)=O)[C@@H]3C[C@@H](C)[C@@]2(O)C1. The van der Waals surface area contributed by atoms with Gasteiger partial charge in [-0.1, -0.05) is 27.7 Å². The molecule has 0 amide bonds. The molecule has 4 saturated carbocycles. The molecule has 10 atom stereocenters. The Labute approximate surface area is 176 Å². The fourth-order valence-electron chi connectivity index (χ4n) is 9.21. The molecule has 0 spiro atoms. The smallest absolute Gasteiger partial charge is 0.302 e. The molecule has 4 aliphatic carbocycles. The number of fused-ring (bicyclic) bond motifs is 5.